The van der Waals surface area contributed by atoms with E-state index in [1.54, 1.807) is 0 Å². The maximum atomic E-state index is 11.9. The molecule has 0 aliphatic rings. The molecule has 0 atom stereocenters. The number of nitrogens with two attached hydrogens (primary N) is 1. The highest BCUT2D eigenvalue weighted by Gasteiger charge is 2.13. The molecule has 0 unspecified atom stereocenters. The first kappa shape index (κ1) is 22.4. The van der Waals surface area contributed by atoms with Crippen molar-refractivity contribution in [3.63, 3.8) is 0 Å². The number of amides is 3. The molecule has 0 aliphatic heterocycles. The first-order valence-corrected chi connectivity index (χ1v) is 8.05. The molecule has 24 heavy (non-hydrogen) atoms. The highest BCUT2D eigenvalue weighted by Crippen LogP contribution is 2.01. The zero-order valence-corrected chi connectivity index (χ0v) is 15.3. The van der Waals surface area contributed by atoms with Gasteiger partial charge in [-0.1, -0.05) is 44.2 Å². The monoisotopic (exact) mass is 356 g/mol. The van der Waals surface area contributed by atoms with Gasteiger partial charge >= 0.3 is 6.03 Å². The predicted octanol–water partition coefficient (Wildman–Crippen LogP) is 1.39. The Kier molecular flexibility index (Phi) is 11.9. The molecule has 136 valence electrons. The van der Waals surface area contributed by atoms with Gasteiger partial charge in [0.1, 0.15) is 0 Å². The molecule has 4 N–H and O–H groups in total. The third kappa shape index (κ3) is 10.2. The Balaban J connectivity index is 0.00000529. The number of rotatable bonds is 9. The number of carbonyl (C=O) groups is 2. The average Bonchev–Trinajstić information content (AvgIpc) is 2.52. The maximum absolute atomic E-state index is 11.9. The van der Waals surface area contributed by atoms with Crippen LogP contribution in [0, 0.1) is 5.92 Å². The van der Waals surface area contributed by atoms with E-state index in [1.165, 1.54) is 5.56 Å². The van der Waals surface area contributed by atoms with Crippen LogP contribution in [0.1, 0.15) is 19.4 Å². The summed E-state index contributed by atoms with van der Waals surface area (Å²) in [6.07, 6.45) is 0.841. The minimum absolute atomic E-state index is 0. The molecule has 0 fully saturated rings. The van der Waals surface area contributed by atoms with Crippen molar-refractivity contribution < 1.29 is 9.59 Å². The van der Waals surface area contributed by atoms with E-state index in [1.807, 2.05) is 36.9 Å². The van der Waals surface area contributed by atoms with Gasteiger partial charge in [0.2, 0.25) is 5.91 Å². The normalized spacial score (nSPS) is 10.4. The van der Waals surface area contributed by atoms with E-state index in [-0.39, 0.29) is 24.9 Å². The zero-order valence-electron chi connectivity index (χ0n) is 14.5. The van der Waals surface area contributed by atoms with Crippen LogP contribution in [-0.2, 0) is 11.2 Å². The second-order valence-corrected chi connectivity index (χ2v) is 5.95. The molecule has 3 amide bonds. The molecule has 1 aromatic rings. The van der Waals surface area contributed by atoms with Crippen LogP contribution in [-0.4, -0.2) is 49.6 Å². The molecule has 0 radical (unpaired) electrons. The summed E-state index contributed by atoms with van der Waals surface area (Å²) in [5, 5.41) is 5.01. The molecule has 7 heteroatoms. The van der Waals surface area contributed by atoms with E-state index in [4.69, 9.17) is 5.73 Å². The van der Waals surface area contributed by atoms with Gasteiger partial charge in [0.15, 0.2) is 0 Å². The summed E-state index contributed by atoms with van der Waals surface area (Å²) in [5.41, 5.74) is 6.82. The first-order chi connectivity index (χ1) is 11.0. The van der Waals surface area contributed by atoms with Crippen LogP contribution in [0.25, 0.3) is 0 Å². The van der Waals surface area contributed by atoms with Crippen molar-refractivity contribution in [1.82, 2.24) is 15.5 Å². The van der Waals surface area contributed by atoms with Gasteiger partial charge in [-0.05, 0) is 17.9 Å². The second kappa shape index (κ2) is 12.8. The largest absolute Gasteiger partial charge is 0.338 e. The SMILES string of the molecule is CC(C)CNC(=O)NC(=O)CN(CCN)CCc1ccccc1.Cl. The van der Waals surface area contributed by atoms with Crippen molar-refractivity contribution in [2.75, 3.05) is 32.7 Å². The zero-order chi connectivity index (χ0) is 17.1. The fourth-order valence-corrected chi connectivity index (χ4v) is 2.09. The van der Waals surface area contributed by atoms with Crippen LogP contribution in [0.2, 0.25) is 0 Å². The van der Waals surface area contributed by atoms with Crippen LogP contribution in [0.5, 0.6) is 0 Å². The number of carbonyl (C=O) groups excluding carboxylic acids is 2. The van der Waals surface area contributed by atoms with Crippen molar-refractivity contribution >= 4 is 24.3 Å². The molecular weight excluding hydrogens is 328 g/mol. The number of nitrogens with one attached hydrogen (secondary N) is 2. The quantitative estimate of drug-likeness (QED) is 0.624. The van der Waals surface area contributed by atoms with Crippen LogP contribution < -0.4 is 16.4 Å². The van der Waals surface area contributed by atoms with Crippen LogP contribution in [0.15, 0.2) is 30.3 Å². The van der Waals surface area contributed by atoms with E-state index >= 15 is 0 Å². The van der Waals surface area contributed by atoms with Crippen molar-refractivity contribution in [3.05, 3.63) is 35.9 Å². The van der Waals surface area contributed by atoms with E-state index in [0.29, 0.717) is 25.6 Å². The summed E-state index contributed by atoms with van der Waals surface area (Å²) in [4.78, 5) is 25.5. The van der Waals surface area contributed by atoms with Gasteiger partial charge in [-0.25, -0.2) is 4.79 Å². The van der Waals surface area contributed by atoms with Gasteiger partial charge in [-0.15, -0.1) is 12.4 Å². The third-order valence-corrected chi connectivity index (χ3v) is 3.30. The molecular formula is C17H29ClN4O2. The fourth-order valence-electron chi connectivity index (χ4n) is 2.09. The molecule has 1 aromatic carbocycles. The first-order valence-electron chi connectivity index (χ1n) is 8.05. The standard InChI is InChI=1S/C17H28N4O2.ClH/c1-14(2)12-19-17(23)20-16(22)13-21(11-9-18)10-8-15-6-4-3-5-7-15;/h3-7,14H,8-13,18H2,1-2H3,(H2,19,20,22,23);1H. The van der Waals surface area contributed by atoms with Gasteiger partial charge in [-0.2, -0.15) is 0 Å². The Labute approximate surface area is 150 Å². The molecule has 0 aliphatic carbocycles. The smallest absolute Gasteiger partial charge is 0.321 e. The van der Waals surface area contributed by atoms with Crippen LogP contribution in [0.3, 0.4) is 0 Å². The Hall–Kier alpha value is -1.63. The number of nitrogens with zero attached hydrogens (tertiary/aromatic N) is 1. The molecule has 0 saturated carbocycles. The number of urea groups is 1. The van der Waals surface area contributed by atoms with E-state index in [0.717, 1.165) is 13.0 Å². The lowest BCUT2D eigenvalue weighted by Gasteiger charge is -2.21. The van der Waals surface area contributed by atoms with Crippen molar-refractivity contribution in [3.8, 4) is 0 Å². The Morgan fingerprint density at radius 1 is 1.17 bits per heavy atom. The van der Waals surface area contributed by atoms with Gasteiger partial charge in [0.25, 0.3) is 0 Å². The second-order valence-electron chi connectivity index (χ2n) is 5.95. The van der Waals surface area contributed by atoms with Crippen LogP contribution >= 0.6 is 12.4 Å². The number of benzene rings is 1. The van der Waals surface area contributed by atoms with Gasteiger partial charge in [0.05, 0.1) is 6.54 Å². The van der Waals surface area contributed by atoms with E-state index in [2.05, 4.69) is 22.8 Å². The minimum atomic E-state index is -0.445. The topological polar surface area (TPSA) is 87.5 Å². The Morgan fingerprint density at radius 2 is 1.83 bits per heavy atom. The van der Waals surface area contributed by atoms with Gasteiger partial charge in [-0.3, -0.25) is 15.0 Å². The summed E-state index contributed by atoms with van der Waals surface area (Å²) >= 11 is 0. The molecule has 6 nitrogen and oxygen atoms in total. The number of halogens is 1. The van der Waals surface area contributed by atoms with Crippen molar-refractivity contribution in [2.24, 2.45) is 11.7 Å². The Bertz CT molecular complexity index is 483. The molecule has 0 spiro atoms. The predicted molar refractivity (Wildman–Crippen MR) is 99.3 cm³/mol. The van der Waals surface area contributed by atoms with E-state index in [9.17, 15) is 9.59 Å². The summed E-state index contributed by atoms with van der Waals surface area (Å²) < 4.78 is 0. The average molecular weight is 357 g/mol. The van der Waals surface area contributed by atoms with Crippen molar-refractivity contribution in [1.29, 1.82) is 0 Å². The molecule has 0 bridgehead atoms. The highest BCUT2D eigenvalue weighted by molar-refractivity contribution is 5.95. The molecule has 0 aromatic heterocycles. The lowest BCUT2D eigenvalue weighted by Crippen LogP contribution is -2.46. The van der Waals surface area contributed by atoms with Crippen molar-refractivity contribution in [2.45, 2.75) is 20.3 Å². The summed E-state index contributed by atoms with van der Waals surface area (Å²) in [7, 11) is 0. The highest BCUT2D eigenvalue weighted by atomic mass is 35.5. The lowest BCUT2D eigenvalue weighted by molar-refractivity contribution is -0.121. The van der Waals surface area contributed by atoms with E-state index < -0.39 is 6.03 Å². The Morgan fingerprint density at radius 3 is 2.42 bits per heavy atom. The number of hydrogen-bond donors (Lipinski definition) is 3. The third-order valence-electron chi connectivity index (χ3n) is 3.30. The summed E-state index contributed by atoms with van der Waals surface area (Å²) in [6, 6.07) is 9.63. The van der Waals surface area contributed by atoms with Gasteiger partial charge < -0.3 is 11.1 Å². The lowest BCUT2D eigenvalue weighted by atomic mass is 10.1. The fraction of sp³-hybridized carbons (Fsp3) is 0.529. The number of imide groups is 1. The molecule has 0 heterocycles. The maximum Gasteiger partial charge on any atom is 0.321 e. The number of hydrogen-bond acceptors (Lipinski definition) is 4. The van der Waals surface area contributed by atoms with Gasteiger partial charge in [0, 0.05) is 26.2 Å². The molecule has 0 saturated heterocycles. The minimum Gasteiger partial charge on any atom is -0.338 e. The summed E-state index contributed by atoms with van der Waals surface area (Å²) in [5.74, 6) is 0.0308. The molecule has 1 rings (SSSR count). The van der Waals surface area contributed by atoms with Crippen LogP contribution in [0.4, 0.5) is 4.79 Å². The summed E-state index contributed by atoms with van der Waals surface area (Å²) in [6.45, 7) is 6.51.